The number of aromatic nitrogens is 1. The summed E-state index contributed by atoms with van der Waals surface area (Å²) < 4.78 is 44.3. The van der Waals surface area contributed by atoms with Crippen LogP contribution in [-0.4, -0.2) is 29.5 Å². The van der Waals surface area contributed by atoms with Gasteiger partial charge in [0.15, 0.2) is 0 Å². The minimum atomic E-state index is -4.94. The molecule has 3 N–H and O–H groups in total. The Balaban J connectivity index is 3.30. The van der Waals surface area contributed by atoms with Gasteiger partial charge in [0.2, 0.25) is 11.8 Å². The predicted molar refractivity (Wildman–Crippen MR) is 52.3 cm³/mol. The number of methoxy groups -OCH3 is 1. The lowest BCUT2D eigenvalue weighted by Crippen LogP contribution is -2.19. The number of carbonyl (C=O) groups is 1. The van der Waals surface area contributed by atoms with Gasteiger partial charge in [-0.3, -0.25) is 0 Å². The molecule has 1 rings (SSSR count). The van der Waals surface area contributed by atoms with Crippen LogP contribution in [0, 0.1) is 0 Å². The molecule has 6 nitrogen and oxygen atoms in total. The van der Waals surface area contributed by atoms with Crippen LogP contribution >= 0.6 is 0 Å². The molecule has 0 aliphatic rings. The molecule has 0 spiro atoms. The van der Waals surface area contributed by atoms with E-state index in [0.717, 1.165) is 13.2 Å². The number of hydrogen-bond acceptors (Lipinski definition) is 5. The number of hydrogen-bond donors (Lipinski definition) is 2. The van der Waals surface area contributed by atoms with Crippen LogP contribution in [0.3, 0.4) is 0 Å². The van der Waals surface area contributed by atoms with Crippen LogP contribution in [0.15, 0.2) is 6.07 Å². The van der Waals surface area contributed by atoms with E-state index < -0.39 is 29.7 Å². The fourth-order valence-corrected chi connectivity index (χ4v) is 1.26. The van der Waals surface area contributed by atoms with Crippen molar-refractivity contribution in [3.05, 3.63) is 17.2 Å². The van der Waals surface area contributed by atoms with E-state index in [1.165, 1.54) is 0 Å². The third-order valence-electron chi connectivity index (χ3n) is 1.89. The zero-order valence-corrected chi connectivity index (χ0v) is 9.11. The Morgan fingerprint density at radius 3 is 2.56 bits per heavy atom. The van der Waals surface area contributed by atoms with Gasteiger partial charge < -0.3 is 20.3 Å². The number of ether oxygens (including phenoxy) is 2. The minimum Gasteiger partial charge on any atom is -0.480 e. The highest BCUT2D eigenvalue weighted by molar-refractivity contribution is 5.92. The highest BCUT2D eigenvalue weighted by Crippen LogP contribution is 2.28. The number of halogens is 3. The first-order valence-corrected chi connectivity index (χ1v) is 4.55. The Hall–Kier alpha value is -2.03. The fraction of sp³-hybridized carbons (Fsp3) is 0.333. The molecule has 100 valence electrons. The predicted octanol–water partition coefficient (Wildman–Crippen LogP) is 1.15. The molecule has 0 aromatic carbocycles. The van der Waals surface area contributed by atoms with Crippen LogP contribution < -0.4 is 15.2 Å². The molecule has 0 radical (unpaired) electrons. The topological polar surface area (TPSA) is 94.7 Å². The standard InChI is InChI=1S/C9H9F3N2O4/c1-17-7-6(8(15)16)4(3-13)2-5(14-7)18-9(10,11)12/h2H,3,13H2,1H3,(H,15,16). The van der Waals surface area contributed by atoms with E-state index in [0.29, 0.717) is 0 Å². The normalized spacial score (nSPS) is 11.2. The van der Waals surface area contributed by atoms with Crippen molar-refractivity contribution < 1.29 is 32.5 Å². The van der Waals surface area contributed by atoms with Crippen molar-refractivity contribution in [1.29, 1.82) is 0 Å². The van der Waals surface area contributed by atoms with Crippen molar-refractivity contribution >= 4 is 5.97 Å². The third kappa shape index (κ3) is 3.23. The van der Waals surface area contributed by atoms with E-state index in [-0.39, 0.29) is 12.1 Å². The van der Waals surface area contributed by atoms with Gasteiger partial charge in [-0.05, 0) is 5.56 Å². The summed E-state index contributed by atoms with van der Waals surface area (Å²) in [5, 5.41) is 8.89. The molecule has 0 bridgehead atoms. The van der Waals surface area contributed by atoms with E-state index in [1.54, 1.807) is 0 Å². The largest absolute Gasteiger partial charge is 0.574 e. The number of aromatic carboxylic acids is 1. The van der Waals surface area contributed by atoms with Crippen LogP contribution in [0.25, 0.3) is 0 Å². The first kappa shape index (κ1) is 14.0. The van der Waals surface area contributed by atoms with Gasteiger partial charge in [0.05, 0.1) is 7.11 Å². The number of rotatable bonds is 4. The molecule has 9 heteroatoms. The van der Waals surface area contributed by atoms with Gasteiger partial charge in [-0.2, -0.15) is 4.98 Å². The molecule has 0 saturated heterocycles. The minimum absolute atomic E-state index is 0.0754. The summed E-state index contributed by atoms with van der Waals surface area (Å²) >= 11 is 0. The molecule has 1 heterocycles. The van der Waals surface area contributed by atoms with Crippen LogP contribution in [0.5, 0.6) is 11.8 Å². The molecular formula is C9H9F3N2O4. The Morgan fingerprint density at radius 1 is 1.56 bits per heavy atom. The first-order valence-electron chi connectivity index (χ1n) is 4.55. The highest BCUT2D eigenvalue weighted by atomic mass is 19.4. The number of pyridine rings is 1. The second-order valence-corrected chi connectivity index (χ2v) is 3.06. The van der Waals surface area contributed by atoms with E-state index in [1.807, 2.05) is 0 Å². The fourth-order valence-electron chi connectivity index (χ4n) is 1.26. The maximum atomic E-state index is 12.0. The Labute approximate surface area is 99.1 Å². The van der Waals surface area contributed by atoms with Crippen LogP contribution in [0.2, 0.25) is 0 Å². The maximum absolute atomic E-state index is 12.0. The Morgan fingerprint density at radius 2 is 2.17 bits per heavy atom. The van der Waals surface area contributed by atoms with E-state index in [9.17, 15) is 18.0 Å². The van der Waals surface area contributed by atoms with Gasteiger partial charge in [-0.1, -0.05) is 0 Å². The average molecular weight is 266 g/mol. The second-order valence-electron chi connectivity index (χ2n) is 3.06. The van der Waals surface area contributed by atoms with Crippen molar-refractivity contribution in [2.24, 2.45) is 5.73 Å². The quantitative estimate of drug-likeness (QED) is 0.848. The van der Waals surface area contributed by atoms with Gasteiger partial charge in [-0.15, -0.1) is 13.2 Å². The number of alkyl halides is 3. The molecular weight excluding hydrogens is 257 g/mol. The highest BCUT2D eigenvalue weighted by Gasteiger charge is 2.33. The molecule has 0 amide bonds. The number of nitrogens with zero attached hydrogens (tertiary/aromatic N) is 1. The first-order chi connectivity index (χ1) is 8.28. The maximum Gasteiger partial charge on any atom is 0.574 e. The lowest BCUT2D eigenvalue weighted by atomic mass is 10.1. The Kier molecular flexibility index (Phi) is 3.96. The van der Waals surface area contributed by atoms with Crippen molar-refractivity contribution in [2.45, 2.75) is 12.9 Å². The summed E-state index contributed by atoms with van der Waals surface area (Å²) in [5.74, 6) is -2.73. The molecule has 18 heavy (non-hydrogen) atoms. The zero-order valence-electron chi connectivity index (χ0n) is 9.11. The summed E-state index contributed by atoms with van der Waals surface area (Å²) in [6, 6.07) is 0.805. The molecule has 0 aliphatic heterocycles. The monoisotopic (exact) mass is 266 g/mol. The second kappa shape index (κ2) is 5.08. The molecule has 0 fully saturated rings. The van der Waals surface area contributed by atoms with E-state index in [2.05, 4.69) is 14.5 Å². The summed E-state index contributed by atoms with van der Waals surface area (Å²) in [6.07, 6.45) is -4.94. The number of carboxylic acid groups (broad SMARTS) is 1. The van der Waals surface area contributed by atoms with Gasteiger partial charge in [0.25, 0.3) is 0 Å². The summed E-state index contributed by atoms with van der Waals surface area (Å²) in [7, 11) is 1.08. The zero-order chi connectivity index (χ0) is 13.9. The Bertz CT molecular complexity index is 437. The smallest absolute Gasteiger partial charge is 0.480 e. The number of nitrogens with two attached hydrogens (primary N) is 1. The molecule has 1 aromatic heterocycles. The van der Waals surface area contributed by atoms with Gasteiger partial charge >= 0.3 is 12.3 Å². The number of carboxylic acids is 1. The van der Waals surface area contributed by atoms with Crippen LogP contribution in [-0.2, 0) is 6.54 Å². The summed E-state index contributed by atoms with van der Waals surface area (Å²) in [6.45, 7) is -0.297. The van der Waals surface area contributed by atoms with Gasteiger partial charge in [0, 0.05) is 12.6 Å². The van der Waals surface area contributed by atoms with Crippen LogP contribution in [0.4, 0.5) is 13.2 Å². The van der Waals surface area contributed by atoms with Crippen LogP contribution in [0.1, 0.15) is 15.9 Å². The molecule has 0 aliphatic carbocycles. The van der Waals surface area contributed by atoms with Gasteiger partial charge in [0.1, 0.15) is 5.56 Å². The molecule has 0 atom stereocenters. The van der Waals surface area contributed by atoms with Crippen molar-refractivity contribution in [3.63, 3.8) is 0 Å². The van der Waals surface area contributed by atoms with E-state index >= 15 is 0 Å². The molecule has 0 saturated carbocycles. The summed E-state index contributed by atoms with van der Waals surface area (Å²) in [4.78, 5) is 14.2. The lowest BCUT2D eigenvalue weighted by molar-refractivity contribution is -0.276. The molecule has 1 aromatic rings. The third-order valence-corrected chi connectivity index (χ3v) is 1.89. The van der Waals surface area contributed by atoms with Crippen molar-refractivity contribution in [2.75, 3.05) is 7.11 Å². The SMILES string of the molecule is COc1nc(OC(F)(F)F)cc(CN)c1C(=O)O. The summed E-state index contributed by atoms with van der Waals surface area (Å²) in [5.41, 5.74) is 4.79. The van der Waals surface area contributed by atoms with Crippen molar-refractivity contribution in [3.8, 4) is 11.8 Å². The van der Waals surface area contributed by atoms with Crippen molar-refractivity contribution in [1.82, 2.24) is 4.98 Å². The average Bonchev–Trinajstić information content (AvgIpc) is 2.24. The van der Waals surface area contributed by atoms with Gasteiger partial charge in [-0.25, -0.2) is 4.79 Å². The lowest BCUT2D eigenvalue weighted by Gasteiger charge is -2.13. The molecule has 0 unspecified atom stereocenters. The van der Waals surface area contributed by atoms with E-state index in [4.69, 9.17) is 10.8 Å².